The van der Waals surface area contributed by atoms with Crippen LogP contribution in [0.4, 0.5) is 5.69 Å². The third-order valence-electron chi connectivity index (χ3n) is 4.30. The lowest BCUT2D eigenvalue weighted by atomic mass is 10.1. The Labute approximate surface area is 183 Å². The molecule has 3 aromatic rings. The fourth-order valence-corrected chi connectivity index (χ4v) is 3.11. The lowest BCUT2D eigenvalue weighted by Gasteiger charge is -2.16. The van der Waals surface area contributed by atoms with Crippen molar-refractivity contribution in [2.75, 3.05) is 5.32 Å². The maximum Gasteiger partial charge on any atom is 0.291 e. The van der Waals surface area contributed by atoms with Crippen LogP contribution in [0.3, 0.4) is 0 Å². The van der Waals surface area contributed by atoms with Crippen molar-refractivity contribution in [3.05, 3.63) is 82.2 Å². The van der Waals surface area contributed by atoms with E-state index < -0.39 is 0 Å². The highest BCUT2D eigenvalue weighted by Gasteiger charge is 2.14. The van der Waals surface area contributed by atoms with E-state index in [-0.39, 0.29) is 29.7 Å². The van der Waals surface area contributed by atoms with E-state index in [0.29, 0.717) is 15.9 Å². The molecule has 0 saturated carbocycles. The quantitative estimate of drug-likeness (QED) is 0.472. The topological polar surface area (TPSA) is 80.6 Å². The molecule has 3 rings (SSSR count). The molecular weight excluding hydrogens is 448 g/mol. The summed E-state index contributed by atoms with van der Waals surface area (Å²) in [6.07, 6.45) is 0.113. The van der Waals surface area contributed by atoms with Crippen molar-refractivity contribution in [3.63, 3.8) is 0 Å². The largest absolute Gasteiger partial charge is 0.491 e. The molecule has 0 aliphatic rings. The van der Waals surface area contributed by atoms with Gasteiger partial charge in [0.25, 0.3) is 11.8 Å². The van der Waals surface area contributed by atoms with Gasteiger partial charge in [-0.25, -0.2) is 0 Å². The molecule has 2 amide bonds. The molecule has 0 aliphatic heterocycles. The number of carbonyl (C=O) groups is 2. The summed E-state index contributed by atoms with van der Waals surface area (Å²) in [5, 5.41) is 5.70. The molecule has 0 radical (unpaired) electrons. The zero-order valence-corrected chi connectivity index (χ0v) is 18.5. The normalized spacial score (nSPS) is 11.8. The number of amides is 2. The number of halogens is 1. The minimum absolute atomic E-state index is 0.113. The summed E-state index contributed by atoms with van der Waals surface area (Å²) in [7, 11) is 0. The standard InChI is InChI=1S/C23H23BrN2O4/c1-14(2)29-19-10-6-16(7-11-19)15(3)25-22(27)17-4-8-18(9-5-17)26-23(28)20-12-13-21(24)30-20/h4-15H,1-3H3,(H,25,27)(H,26,28). The van der Waals surface area contributed by atoms with Crippen molar-refractivity contribution in [3.8, 4) is 5.75 Å². The number of carbonyl (C=O) groups excluding carboxylic acids is 2. The van der Waals surface area contributed by atoms with Crippen LogP contribution in [-0.2, 0) is 0 Å². The lowest BCUT2D eigenvalue weighted by Crippen LogP contribution is -2.26. The predicted molar refractivity (Wildman–Crippen MR) is 119 cm³/mol. The van der Waals surface area contributed by atoms with Crippen molar-refractivity contribution in [1.29, 1.82) is 0 Å². The maximum absolute atomic E-state index is 12.6. The molecule has 2 N–H and O–H groups in total. The molecule has 1 aromatic heterocycles. The first kappa shape index (κ1) is 21.6. The van der Waals surface area contributed by atoms with E-state index in [9.17, 15) is 9.59 Å². The number of hydrogen-bond donors (Lipinski definition) is 2. The summed E-state index contributed by atoms with van der Waals surface area (Å²) in [5.41, 5.74) is 2.05. The highest BCUT2D eigenvalue weighted by atomic mass is 79.9. The monoisotopic (exact) mass is 470 g/mol. The van der Waals surface area contributed by atoms with Crippen molar-refractivity contribution in [2.45, 2.75) is 32.9 Å². The third-order valence-corrected chi connectivity index (χ3v) is 4.73. The van der Waals surface area contributed by atoms with Gasteiger partial charge in [0.1, 0.15) is 5.75 Å². The summed E-state index contributed by atoms with van der Waals surface area (Å²) < 4.78 is 11.3. The number of anilines is 1. The number of hydrogen-bond acceptors (Lipinski definition) is 4. The second-order valence-corrected chi connectivity index (χ2v) is 7.85. The first-order valence-electron chi connectivity index (χ1n) is 9.56. The van der Waals surface area contributed by atoms with Crippen LogP contribution in [0.5, 0.6) is 5.75 Å². The number of benzene rings is 2. The fraction of sp³-hybridized carbons (Fsp3) is 0.217. The van der Waals surface area contributed by atoms with Crippen molar-refractivity contribution in [2.24, 2.45) is 0 Å². The summed E-state index contributed by atoms with van der Waals surface area (Å²) in [4.78, 5) is 24.7. The van der Waals surface area contributed by atoms with E-state index in [1.54, 1.807) is 36.4 Å². The molecule has 6 nitrogen and oxygen atoms in total. The van der Waals surface area contributed by atoms with Gasteiger partial charge in [-0.1, -0.05) is 12.1 Å². The highest BCUT2D eigenvalue weighted by molar-refractivity contribution is 9.10. The van der Waals surface area contributed by atoms with E-state index in [0.717, 1.165) is 11.3 Å². The van der Waals surface area contributed by atoms with Crippen LogP contribution in [0.15, 0.2) is 69.8 Å². The van der Waals surface area contributed by atoms with Gasteiger partial charge in [-0.05, 0) is 90.8 Å². The van der Waals surface area contributed by atoms with Crippen LogP contribution in [0.1, 0.15) is 53.3 Å². The lowest BCUT2D eigenvalue weighted by molar-refractivity contribution is 0.0939. The summed E-state index contributed by atoms with van der Waals surface area (Å²) in [5.74, 6) is 0.434. The fourth-order valence-electron chi connectivity index (χ4n) is 2.80. The average Bonchev–Trinajstić information content (AvgIpc) is 3.15. The molecular formula is C23H23BrN2O4. The van der Waals surface area contributed by atoms with E-state index in [1.165, 1.54) is 0 Å². The van der Waals surface area contributed by atoms with E-state index in [2.05, 4.69) is 26.6 Å². The molecule has 0 fully saturated rings. The van der Waals surface area contributed by atoms with Gasteiger partial charge in [0.05, 0.1) is 12.1 Å². The van der Waals surface area contributed by atoms with Gasteiger partial charge in [-0.15, -0.1) is 0 Å². The zero-order valence-electron chi connectivity index (χ0n) is 16.9. The van der Waals surface area contributed by atoms with Crippen molar-refractivity contribution in [1.82, 2.24) is 5.32 Å². The van der Waals surface area contributed by atoms with Crippen LogP contribution >= 0.6 is 15.9 Å². The Hall–Kier alpha value is -3.06. The van der Waals surface area contributed by atoms with Crippen LogP contribution in [0.25, 0.3) is 0 Å². The van der Waals surface area contributed by atoms with Crippen LogP contribution < -0.4 is 15.4 Å². The molecule has 156 valence electrons. The van der Waals surface area contributed by atoms with Gasteiger partial charge in [0.15, 0.2) is 10.4 Å². The third kappa shape index (κ3) is 5.73. The van der Waals surface area contributed by atoms with Crippen molar-refractivity contribution >= 4 is 33.4 Å². The van der Waals surface area contributed by atoms with E-state index >= 15 is 0 Å². The first-order valence-corrected chi connectivity index (χ1v) is 10.4. The van der Waals surface area contributed by atoms with Gasteiger partial charge in [0, 0.05) is 11.3 Å². The molecule has 0 aliphatic carbocycles. The molecule has 1 atom stereocenters. The number of rotatable bonds is 7. The predicted octanol–water partition coefficient (Wildman–Crippen LogP) is 5.57. The Bertz CT molecular complexity index is 1010. The zero-order chi connectivity index (χ0) is 21.7. The highest BCUT2D eigenvalue weighted by Crippen LogP contribution is 2.20. The molecule has 0 spiro atoms. The van der Waals surface area contributed by atoms with Gasteiger partial charge in [-0.2, -0.15) is 0 Å². The number of ether oxygens (including phenoxy) is 1. The van der Waals surface area contributed by atoms with Gasteiger partial charge < -0.3 is 19.8 Å². The molecule has 30 heavy (non-hydrogen) atoms. The molecule has 2 aromatic carbocycles. The average molecular weight is 471 g/mol. The Morgan fingerprint density at radius 3 is 2.13 bits per heavy atom. The minimum Gasteiger partial charge on any atom is -0.491 e. The van der Waals surface area contributed by atoms with Crippen LogP contribution in [0, 0.1) is 0 Å². The summed E-state index contributed by atoms with van der Waals surface area (Å²) in [6.45, 7) is 5.87. The Morgan fingerprint density at radius 1 is 0.900 bits per heavy atom. The van der Waals surface area contributed by atoms with Gasteiger partial charge in [0.2, 0.25) is 0 Å². The second-order valence-electron chi connectivity index (χ2n) is 7.07. The Morgan fingerprint density at radius 2 is 1.57 bits per heavy atom. The maximum atomic E-state index is 12.6. The SMILES string of the molecule is CC(C)Oc1ccc(C(C)NC(=O)c2ccc(NC(=O)c3ccc(Br)o3)cc2)cc1. The van der Waals surface area contributed by atoms with E-state index in [1.807, 2.05) is 45.0 Å². The molecule has 0 bridgehead atoms. The van der Waals surface area contributed by atoms with Gasteiger partial charge in [-0.3, -0.25) is 9.59 Å². The molecule has 0 saturated heterocycles. The summed E-state index contributed by atoms with van der Waals surface area (Å²) >= 11 is 3.16. The van der Waals surface area contributed by atoms with E-state index in [4.69, 9.17) is 9.15 Å². The van der Waals surface area contributed by atoms with Crippen LogP contribution in [0.2, 0.25) is 0 Å². The smallest absolute Gasteiger partial charge is 0.291 e. The summed E-state index contributed by atoms with van der Waals surface area (Å²) in [6, 6.07) is 17.4. The van der Waals surface area contributed by atoms with Crippen LogP contribution in [-0.4, -0.2) is 17.9 Å². The molecule has 7 heteroatoms. The molecule has 1 unspecified atom stereocenters. The van der Waals surface area contributed by atoms with Gasteiger partial charge >= 0.3 is 0 Å². The van der Waals surface area contributed by atoms with Crippen molar-refractivity contribution < 1.29 is 18.7 Å². The minimum atomic E-state index is -0.364. The second kappa shape index (κ2) is 9.63. The number of furan rings is 1. The Balaban J connectivity index is 1.58. The molecule has 1 heterocycles. The number of nitrogens with one attached hydrogen (secondary N) is 2. The first-order chi connectivity index (χ1) is 14.3. The Kier molecular flexibility index (Phi) is 6.95.